The van der Waals surface area contributed by atoms with E-state index in [4.69, 9.17) is 12.2 Å². The number of amides is 2. The Labute approximate surface area is 173 Å². The molecular weight excluding hydrogens is 392 g/mol. The number of aliphatic hydroxyl groups excluding tert-OH is 1. The summed E-state index contributed by atoms with van der Waals surface area (Å²) < 4.78 is 0.531. The molecule has 0 aliphatic carbocycles. The lowest BCUT2D eigenvalue weighted by molar-refractivity contribution is -0.121. The second-order valence-corrected chi connectivity index (χ2v) is 7.97. The number of hydrogen-bond acceptors (Lipinski definition) is 5. The van der Waals surface area contributed by atoms with Crippen LogP contribution in [0.15, 0.2) is 59.5 Å². The Hall–Kier alpha value is -2.48. The van der Waals surface area contributed by atoms with Crippen LogP contribution >= 0.6 is 24.0 Å². The van der Waals surface area contributed by atoms with Crippen molar-refractivity contribution in [3.8, 4) is 0 Å². The summed E-state index contributed by atoms with van der Waals surface area (Å²) in [6.45, 7) is 0.588. The van der Waals surface area contributed by atoms with Crippen LogP contribution in [0.3, 0.4) is 0 Å². The molecule has 1 saturated heterocycles. The van der Waals surface area contributed by atoms with Crippen LogP contribution < -0.4 is 0 Å². The van der Waals surface area contributed by atoms with Gasteiger partial charge in [-0.15, -0.1) is 0 Å². The molecule has 1 fully saturated rings. The minimum atomic E-state index is -0.149. The van der Waals surface area contributed by atoms with E-state index in [2.05, 4.69) is 0 Å². The molecule has 7 heteroatoms. The number of thiocarbonyl (C=S) groups is 1. The van der Waals surface area contributed by atoms with E-state index in [1.165, 1.54) is 16.7 Å². The molecule has 1 aliphatic heterocycles. The highest BCUT2D eigenvalue weighted by atomic mass is 32.2. The molecule has 1 aliphatic rings. The fraction of sp³-hybridized carbons (Fsp3) is 0.190. The van der Waals surface area contributed by atoms with Gasteiger partial charge in [0.05, 0.1) is 11.5 Å². The highest BCUT2D eigenvalue weighted by molar-refractivity contribution is 8.26. The maximum Gasteiger partial charge on any atom is 0.265 e. The Bertz CT molecular complexity index is 911. The van der Waals surface area contributed by atoms with Crippen molar-refractivity contribution in [2.45, 2.75) is 6.54 Å². The lowest BCUT2D eigenvalue weighted by Gasteiger charge is -2.22. The first-order valence-corrected chi connectivity index (χ1v) is 9.98. The normalized spacial score (nSPS) is 15.4. The summed E-state index contributed by atoms with van der Waals surface area (Å²) in [5.41, 5.74) is 2.36. The molecule has 2 aromatic carbocycles. The van der Waals surface area contributed by atoms with Gasteiger partial charge in [0, 0.05) is 25.7 Å². The van der Waals surface area contributed by atoms with E-state index in [0.29, 0.717) is 21.3 Å². The van der Waals surface area contributed by atoms with E-state index in [-0.39, 0.29) is 25.0 Å². The first-order chi connectivity index (χ1) is 13.5. The number of hydrogen-bond donors (Lipinski definition) is 1. The Morgan fingerprint density at radius 3 is 2.43 bits per heavy atom. The zero-order chi connectivity index (χ0) is 20.1. The van der Waals surface area contributed by atoms with Crippen LogP contribution in [-0.4, -0.2) is 51.2 Å². The third-order valence-electron chi connectivity index (χ3n) is 4.32. The molecule has 0 bridgehead atoms. The molecule has 2 amide bonds. The zero-order valence-corrected chi connectivity index (χ0v) is 17.0. The van der Waals surface area contributed by atoms with E-state index in [1.54, 1.807) is 42.3 Å². The fourth-order valence-electron chi connectivity index (χ4n) is 2.78. The molecule has 0 aromatic heterocycles. The minimum Gasteiger partial charge on any atom is -0.395 e. The molecule has 0 atom stereocenters. The lowest BCUT2D eigenvalue weighted by Crippen LogP contribution is -2.33. The number of carbonyl (C=O) groups is 2. The molecule has 1 N–H and O–H groups in total. The summed E-state index contributed by atoms with van der Waals surface area (Å²) in [5.74, 6) is -0.267. The van der Waals surface area contributed by atoms with Crippen LogP contribution in [0.1, 0.15) is 21.5 Å². The zero-order valence-electron chi connectivity index (χ0n) is 15.4. The summed E-state index contributed by atoms with van der Waals surface area (Å²) >= 11 is 6.40. The average molecular weight is 413 g/mol. The monoisotopic (exact) mass is 412 g/mol. The number of likely N-dealkylation sites (N-methyl/N-ethyl adjacent to an activating group) is 1. The molecule has 0 spiro atoms. The molecule has 0 saturated carbocycles. The molecular formula is C21H20N2O3S2. The van der Waals surface area contributed by atoms with Crippen LogP contribution in [0.4, 0.5) is 0 Å². The lowest BCUT2D eigenvalue weighted by atomic mass is 10.1. The van der Waals surface area contributed by atoms with Crippen molar-refractivity contribution in [1.29, 1.82) is 0 Å². The van der Waals surface area contributed by atoms with Crippen LogP contribution in [-0.2, 0) is 11.3 Å². The molecule has 28 heavy (non-hydrogen) atoms. The van der Waals surface area contributed by atoms with E-state index < -0.39 is 0 Å². The third kappa shape index (κ3) is 4.67. The van der Waals surface area contributed by atoms with Gasteiger partial charge in [-0.2, -0.15) is 0 Å². The Morgan fingerprint density at radius 2 is 1.86 bits per heavy atom. The maximum atomic E-state index is 12.9. The molecule has 0 radical (unpaired) electrons. The number of benzene rings is 2. The van der Waals surface area contributed by atoms with Gasteiger partial charge >= 0.3 is 0 Å². The van der Waals surface area contributed by atoms with Crippen LogP contribution in [0, 0.1) is 0 Å². The van der Waals surface area contributed by atoms with Gasteiger partial charge < -0.3 is 10.0 Å². The quantitative estimate of drug-likeness (QED) is 0.583. The SMILES string of the molecule is CN1C(=O)C(=Cc2ccc(C(=O)N(CCO)Cc3ccccc3)cc2)SC1=S. The standard InChI is InChI=1S/C21H20N2O3S2/c1-22-20(26)18(28-21(22)27)13-15-7-9-17(10-8-15)19(25)23(11-12-24)14-16-5-3-2-4-6-16/h2-10,13,24H,11-12,14H2,1H3. The summed E-state index contributed by atoms with van der Waals surface area (Å²) in [5, 5.41) is 9.33. The van der Waals surface area contributed by atoms with E-state index in [0.717, 1.165) is 11.1 Å². The first-order valence-electron chi connectivity index (χ1n) is 8.75. The molecule has 1 heterocycles. The molecule has 144 valence electrons. The number of thioether (sulfide) groups is 1. The fourth-order valence-corrected chi connectivity index (χ4v) is 3.96. The summed E-state index contributed by atoms with van der Waals surface area (Å²) in [4.78, 5) is 28.6. The molecule has 3 rings (SSSR count). The van der Waals surface area contributed by atoms with Gasteiger partial charge in [0.1, 0.15) is 4.32 Å². The molecule has 0 unspecified atom stereocenters. The van der Waals surface area contributed by atoms with Crippen LogP contribution in [0.5, 0.6) is 0 Å². The number of rotatable bonds is 6. The van der Waals surface area contributed by atoms with Gasteiger partial charge in [0.15, 0.2) is 0 Å². The summed E-state index contributed by atoms with van der Waals surface area (Å²) in [7, 11) is 1.66. The molecule has 2 aromatic rings. The summed E-state index contributed by atoms with van der Waals surface area (Å²) in [6.07, 6.45) is 1.77. The summed E-state index contributed by atoms with van der Waals surface area (Å²) in [6, 6.07) is 16.7. The van der Waals surface area contributed by atoms with Crippen molar-refractivity contribution in [3.63, 3.8) is 0 Å². The largest absolute Gasteiger partial charge is 0.395 e. The number of carbonyl (C=O) groups excluding carboxylic acids is 2. The first kappa shape index (κ1) is 20.3. The van der Waals surface area contributed by atoms with E-state index in [1.807, 2.05) is 30.3 Å². The van der Waals surface area contributed by atoms with Gasteiger partial charge in [-0.1, -0.05) is 66.4 Å². The Balaban J connectivity index is 1.75. The molecule has 5 nitrogen and oxygen atoms in total. The van der Waals surface area contributed by atoms with Crippen molar-refractivity contribution in [2.24, 2.45) is 0 Å². The van der Waals surface area contributed by atoms with Gasteiger partial charge in [-0.3, -0.25) is 14.5 Å². The minimum absolute atomic E-state index is 0.102. The van der Waals surface area contributed by atoms with E-state index in [9.17, 15) is 14.7 Å². The topological polar surface area (TPSA) is 60.9 Å². The van der Waals surface area contributed by atoms with Crippen molar-refractivity contribution in [3.05, 3.63) is 76.2 Å². The highest BCUT2D eigenvalue weighted by Crippen LogP contribution is 2.31. The average Bonchev–Trinajstić information content (AvgIpc) is 2.95. The third-order valence-corrected chi connectivity index (χ3v) is 5.80. The van der Waals surface area contributed by atoms with Gasteiger partial charge in [0.2, 0.25) is 0 Å². The second-order valence-electron chi connectivity index (χ2n) is 6.30. The van der Waals surface area contributed by atoms with Gasteiger partial charge in [0.25, 0.3) is 11.8 Å². The highest BCUT2D eigenvalue weighted by Gasteiger charge is 2.28. The van der Waals surface area contributed by atoms with Crippen LogP contribution in [0.25, 0.3) is 6.08 Å². The predicted molar refractivity (Wildman–Crippen MR) is 116 cm³/mol. The van der Waals surface area contributed by atoms with Gasteiger partial charge in [-0.05, 0) is 29.3 Å². The predicted octanol–water partition coefficient (Wildman–Crippen LogP) is 3.15. The Kier molecular flexibility index (Phi) is 6.61. The van der Waals surface area contributed by atoms with Gasteiger partial charge in [-0.25, -0.2) is 0 Å². The number of nitrogens with zero attached hydrogens (tertiary/aromatic N) is 2. The van der Waals surface area contributed by atoms with Crippen molar-refractivity contribution >= 4 is 46.2 Å². The van der Waals surface area contributed by atoms with Crippen molar-refractivity contribution < 1.29 is 14.7 Å². The van der Waals surface area contributed by atoms with Crippen molar-refractivity contribution in [2.75, 3.05) is 20.2 Å². The Morgan fingerprint density at radius 1 is 1.18 bits per heavy atom. The van der Waals surface area contributed by atoms with E-state index >= 15 is 0 Å². The number of aliphatic hydroxyl groups is 1. The second kappa shape index (κ2) is 9.14. The van der Waals surface area contributed by atoms with Crippen LogP contribution in [0.2, 0.25) is 0 Å². The van der Waals surface area contributed by atoms with Crippen molar-refractivity contribution in [1.82, 2.24) is 9.80 Å². The smallest absolute Gasteiger partial charge is 0.265 e. The maximum absolute atomic E-state index is 12.9.